The molecule has 0 aliphatic carbocycles. The number of aliphatic imine (C=N–C) groups is 1. The SMILES string of the molecule is CN=C(NCC1CCN(Cc2csc(C)n2)CC1)NCC(c1ccco1)N1CCCC1. The van der Waals surface area contributed by atoms with Crippen molar-refractivity contribution in [3.63, 3.8) is 0 Å². The van der Waals surface area contributed by atoms with E-state index in [0.29, 0.717) is 5.92 Å². The fourth-order valence-corrected chi connectivity index (χ4v) is 5.26. The minimum absolute atomic E-state index is 0.258. The largest absolute Gasteiger partial charge is 0.468 e. The molecule has 8 heteroatoms. The van der Waals surface area contributed by atoms with E-state index in [1.54, 1.807) is 17.6 Å². The number of hydrogen-bond acceptors (Lipinski definition) is 6. The Labute approximate surface area is 189 Å². The topological polar surface area (TPSA) is 68.9 Å². The number of furan rings is 1. The number of hydrogen-bond donors (Lipinski definition) is 2. The minimum Gasteiger partial charge on any atom is -0.468 e. The fourth-order valence-electron chi connectivity index (χ4n) is 4.66. The molecule has 4 heterocycles. The summed E-state index contributed by atoms with van der Waals surface area (Å²) in [5, 5.41) is 10.4. The molecule has 0 aromatic carbocycles. The standard InChI is InChI=1S/C23H36N6OS/c1-18-27-20(17-31-18)16-28-11-7-19(8-12-28)14-25-23(24-2)26-15-21(22-6-5-13-30-22)29-9-3-4-10-29/h5-6,13,17,19,21H,3-4,7-12,14-16H2,1-2H3,(H2,24,25,26). The van der Waals surface area contributed by atoms with E-state index in [9.17, 15) is 0 Å². The first-order valence-corrected chi connectivity index (χ1v) is 12.4. The molecule has 2 fully saturated rings. The molecule has 4 rings (SSSR count). The highest BCUT2D eigenvalue weighted by Crippen LogP contribution is 2.25. The van der Waals surface area contributed by atoms with Gasteiger partial charge < -0.3 is 15.1 Å². The molecule has 2 aliphatic heterocycles. The zero-order valence-corrected chi connectivity index (χ0v) is 19.7. The third-order valence-electron chi connectivity index (χ3n) is 6.46. The van der Waals surface area contributed by atoms with E-state index in [4.69, 9.17) is 4.42 Å². The molecule has 7 nitrogen and oxygen atoms in total. The minimum atomic E-state index is 0.258. The Kier molecular flexibility index (Phi) is 7.99. The Hall–Kier alpha value is -1.90. The van der Waals surface area contributed by atoms with Crippen LogP contribution in [0.1, 0.15) is 48.2 Å². The highest BCUT2D eigenvalue weighted by atomic mass is 32.1. The Morgan fingerprint density at radius 3 is 2.71 bits per heavy atom. The quantitative estimate of drug-likeness (QED) is 0.481. The van der Waals surface area contributed by atoms with Gasteiger partial charge in [-0.25, -0.2) is 4.98 Å². The maximum absolute atomic E-state index is 5.73. The summed E-state index contributed by atoms with van der Waals surface area (Å²) in [6.45, 7) is 9.40. The van der Waals surface area contributed by atoms with E-state index in [2.05, 4.69) is 48.8 Å². The lowest BCUT2D eigenvalue weighted by molar-refractivity contribution is 0.176. The van der Waals surface area contributed by atoms with Crippen molar-refractivity contribution in [1.82, 2.24) is 25.4 Å². The second-order valence-electron chi connectivity index (χ2n) is 8.69. The Morgan fingerprint density at radius 2 is 2.06 bits per heavy atom. The molecule has 0 saturated carbocycles. The summed E-state index contributed by atoms with van der Waals surface area (Å²) >= 11 is 1.74. The number of piperidine rings is 1. The predicted molar refractivity (Wildman–Crippen MR) is 126 cm³/mol. The van der Waals surface area contributed by atoms with Crippen LogP contribution in [0.3, 0.4) is 0 Å². The number of thiazole rings is 1. The average Bonchev–Trinajstić information content (AvgIpc) is 3.56. The van der Waals surface area contributed by atoms with Gasteiger partial charge in [-0.15, -0.1) is 11.3 Å². The van der Waals surface area contributed by atoms with Crippen molar-refractivity contribution in [3.8, 4) is 0 Å². The Morgan fingerprint density at radius 1 is 1.26 bits per heavy atom. The van der Waals surface area contributed by atoms with Crippen molar-refractivity contribution >= 4 is 17.3 Å². The molecule has 2 N–H and O–H groups in total. The van der Waals surface area contributed by atoms with Crippen LogP contribution in [0.4, 0.5) is 0 Å². The van der Waals surface area contributed by atoms with Gasteiger partial charge in [-0.3, -0.25) is 14.8 Å². The molecule has 170 valence electrons. The molecule has 1 unspecified atom stereocenters. The third-order valence-corrected chi connectivity index (χ3v) is 7.28. The molecule has 0 spiro atoms. The van der Waals surface area contributed by atoms with Crippen LogP contribution in [0.15, 0.2) is 33.2 Å². The van der Waals surface area contributed by atoms with Crippen LogP contribution in [-0.4, -0.2) is 67.1 Å². The average molecular weight is 445 g/mol. The summed E-state index contributed by atoms with van der Waals surface area (Å²) in [7, 11) is 1.85. The number of nitrogens with zero attached hydrogens (tertiary/aromatic N) is 4. The first kappa shape index (κ1) is 22.3. The van der Waals surface area contributed by atoms with E-state index in [1.165, 1.54) is 31.4 Å². The lowest BCUT2D eigenvalue weighted by Gasteiger charge is -2.32. The summed E-state index contributed by atoms with van der Waals surface area (Å²) in [6, 6.07) is 4.32. The van der Waals surface area contributed by atoms with Crippen LogP contribution in [0, 0.1) is 12.8 Å². The number of guanidine groups is 1. The fraction of sp³-hybridized carbons (Fsp3) is 0.652. The molecule has 0 bridgehead atoms. The van der Waals surface area contributed by atoms with Crippen LogP contribution in [0.25, 0.3) is 0 Å². The molecular weight excluding hydrogens is 408 g/mol. The monoisotopic (exact) mass is 444 g/mol. The normalized spacial score (nSPS) is 20.3. The number of aromatic nitrogens is 1. The van der Waals surface area contributed by atoms with Gasteiger partial charge >= 0.3 is 0 Å². The second-order valence-corrected chi connectivity index (χ2v) is 9.75. The molecule has 0 radical (unpaired) electrons. The molecule has 0 amide bonds. The maximum Gasteiger partial charge on any atom is 0.191 e. The maximum atomic E-state index is 5.73. The zero-order valence-electron chi connectivity index (χ0n) is 18.8. The van der Waals surface area contributed by atoms with E-state index in [0.717, 1.165) is 62.5 Å². The van der Waals surface area contributed by atoms with Gasteiger partial charge in [-0.05, 0) is 76.8 Å². The lowest BCUT2D eigenvalue weighted by Crippen LogP contribution is -2.45. The van der Waals surface area contributed by atoms with Crippen molar-refractivity contribution in [2.24, 2.45) is 10.9 Å². The van der Waals surface area contributed by atoms with Crippen molar-refractivity contribution in [2.75, 3.05) is 46.3 Å². The summed E-state index contributed by atoms with van der Waals surface area (Å²) in [6.07, 6.45) is 6.75. The van der Waals surface area contributed by atoms with Crippen LogP contribution >= 0.6 is 11.3 Å². The number of aryl methyl sites for hydroxylation is 1. The van der Waals surface area contributed by atoms with Gasteiger partial charge in [0.1, 0.15) is 5.76 Å². The smallest absolute Gasteiger partial charge is 0.191 e. The molecule has 31 heavy (non-hydrogen) atoms. The molecule has 1 atom stereocenters. The van der Waals surface area contributed by atoms with Crippen molar-refractivity contribution in [2.45, 2.75) is 45.2 Å². The highest BCUT2D eigenvalue weighted by molar-refractivity contribution is 7.09. The van der Waals surface area contributed by atoms with Crippen LogP contribution in [0.5, 0.6) is 0 Å². The molecule has 2 aliphatic rings. The van der Waals surface area contributed by atoms with Crippen molar-refractivity contribution in [3.05, 3.63) is 40.2 Å². The summed E-state index contributed by atoms with van der Waals surface area (Å²) < 4.78 is 5.73. The Balaban J connectivity index is 1.20. The predicted octanol–water partition coefficient (Wildman–Crippen LogP) is 3.26. The summed E-state index contributed by atoms with van der Waals surface area (Å²) in [5.74, 6) is 2.61. The first-order chi connectivity index (χ1) is 15.2. The zero-order chi connectivity index (χ0) is 21.5. The first-order valence-electron chi connectivity index (χ1n) is 11.6. The van der Waals surface area contributed by atoms with E-state index < -0.39 is 0 Å². The van der Waals surface area contributed by atoms with Gasteiger partial charge in [-0.2, -0.15) is 0 Å². The van der Waals surface area contributed by atoms with Gasteiger partial charge in [-0.1, -0.05) is 0 Å². The van der Waals surface area contributed by atoms with Gasteiger partial charge in [0.25, 0.3) is 0 Å². The van der Waals surface area contributed by atoms with Crippen LogP contribution in [-0.2, 0) is 6.54 Å². The van der Waals surface area contributed by atoms with Crippen LogP contribution < -0.4 is 10.6 Å². The third kappa shape index (κ3) is 6.30. The van der Waals surface area contributed by atoms with Gasteiger partial charge in [0.15, 0.2) is 5.96 Å². The number of nitrogens with one attached hydrogen (secondary N) is 2. The van der Waals surface area contributed by atoms with E-state index in [1.807, 2.05) is 13.1 Å². The molecule has 2 aromatic heterocycles. The van der Waals surface area contributed by atoms with Gasteiger partial charge in [0.2, 0.25) is 0 Å². The molecule has 2 aromatic rings. The molecular formula is C23H36N6OS. The molecule has 2 saturated heterocycles. The van der Waals surface area contributed by atoms with E-state index >= 15 is 0 Å². The van der Waals surface area contributed by atoms with Gasteiger partial charge in [0, 0.05) is 32.1 Å². The summed E-state index contributed by atoms with van der Waals surface area (Å²) in [4.78, 5) is 14.1. The van der Waals surface area contributed by atoms with Crippen molar-refractivity contribution < 1.29 is 4.42 Å². The van der Waals surface area contributed by atoms with E-state index in [-0.39, 0.29) is 6.04 Å². The van der Waals surface area contributed by atoms with Crippen LogP contribution in [0.2, 0.25) is 0 Å². The second kappa shape index (κ2) is 11.1. The Bertz CT molecular complexity index is 806. The summed E-state index contributed by atoms with van der Waals surface area (Å²) in [5.41, 5.74) is 1.22. The van der Waals surface area contributed by atoms with Crippen molar-refractivity contribution in [1.29, 1.82) is 0 Å². The number of likely N-dealkylation sites (tertiary alicyclic amines) is 2. The number of rotatable bonds is 8. The lowest BCUT2D eigenvalue weighted by atomic mass is 9.97. The highest BCUT2D eigenvalue weighted by Gasteiger charge is 2.26. The van der Waals surface area contributed by atoms with Gasteiger partial charge in [0.05, 0.1) is 23.0 Å².